The highest BCUT2D eigenvalue weighted by molar-refractivity contribution is 7.92. The molecular weight excluding hydrogens is 306 g/mol. The summed E-state index contributed by atoms with van der Waals surface area (Å²) in [6.45, 7) is 7.33. The molecule has 0 bridgehead atoms. The van der Waals surface area contributed by atoms with E-state index in [-0.39, 0.29) is 5.75 Å². The summed E-state index contributed by atoms with van der Waals surface area (Å²) in [4.78, 5) is 8.85. The van der Waals surface area contributed by atoms with Gasteiger partial charge in [0.05, 0.1) is 17.0 Å². The van der Waals surface area contributed by atoms with Crippen molar-refractivity contribution in [3.05, 3.63) is 21.9 Å². The molecule has 1 aliphatic heterocycles. The first-order chi connectivity index (χ1) is 9.75. The lowest BCUT2D eigenvalue weighted by Gasteiger charge is -2.39. The van der Waals surface area contributed by atoms with Crippen molar-refractivity contribution in [1.82, 2.24) is 10.2 Å². The maximum atomic E-state index is 12.1. The minimum atomic E-state index is -3.02. The first-order valence-electron chi connectivity index (χ1n) is 6.98. The summed E-state index contributed by atoms with van der Waals surface area (Å²) in [6, 6.07) is 4.20. The van der Waals surface area contributed by atoms with Crippen LogP contribution >= 0.6 is 11.3 Å². The molecule has 0 aromatic carbocycles. The summed E-state index contributed by atoms with van der Waals surface area (Å²) in [5.41, 5.74) is 0. The molecule has 5 nitrogen and oxygen atoms in total. The SMILES string of the molecule is CN=C(NCc1ccc(C)s1)N1CCS(=O)(=O)C(C)(C)C1. The van der Waals surface area contributed by atoms with Crippen LogP contribution in [0.15, 0.2) is 17.1 Å². The first-order valence-corrected chi connectivity index (χ1v) is 9.45. The van der Waals surface area contributed by atoms with E-state index in [0.29, 0.717) is 13.1 Å². The molecule has 0 atom stereocenters. The normalized spacial score (nSPS) is 21.3. The van der Waals surface area contributed by atoms with E-state index in [0.717, 1.165) is 12.5 Å². The van der Waals surface area contributed by atoms with Crippen molar-refractivity contribution in [1.29, 1.82) is 0 Å². The van der Waals surface area contributed by atoms with Crippen molar-refractivity contribution in [2.45, 2.75) is 32.1 Å². The highest BCUT2D eigenvalue weighted by Crippen LogP contribution is 2.23. The van der Waals surface area contributed by atoms with E-state index in [1.165, 1.54) is 9.75 Å². The highest BCUT2D eigenvalue weighted by Gasteiger charge is 2.40. The quantitative estimate of drug-likeness (QED) is 0.662. The van der Waals surface area contributed by atoms with E-state index in [4.69, 9.17) is 0 Å². The Morgan fingerprint density at radius 3 is 2.71 bits per heavy atom. The molecule has 0 spiro atoms. The number of aliphatic imine (C=N–C) groups is 1. The zero-order valence-electron chi connectivity index (χ0n) is 13.0. The number of aryl methyl sites for hydroxylation is 1. The summed E-state index contributed by atoms with van der Waals surface area (Å²) in [7, 11) is -1.29. The molecule has 0 amide bonds. The lowest BCUT2D eigenvalue weighted by molar-refractivity contribution is 0.353. The molecular formula is C14H23N3O2S2. The van der Waals surface area contributed by atoms with Gasteiger partial charge in [-0.1, -0.05) is 0 Å². The third kappa shape index (κ3) is 3.58. The monoisotopic (exact) mass is 329 g/mol. The van der Waals surface area contributed by atoms with Crippen LogP contribution in [0.5, 0.6) is 0 Å². The molecule has 0 saturated carbocycles. The molecule has 21 heavy (non-hydrogen) atoms. The molecule has 1 aromatic rings. The molecule has 1 saturated heterocycles. The van der Waals surface area contributed by atoms with E-state index >= 15 is 0 Å². The van der Waals surface area contributed by atoms with Crippen LogP contribution in [0.1, 0.15) is 23.6 Å². The second kappa shape index (κ2) is 5.96. The van der Waals surface area contributed by atoms with Crippen molar-refractivity contribution in [2.24, 2.45) is 4.99 Å². The largest absolute Gasteiger partial charge is 0.351 e. The van der Waals surface area contributed by atoms with Gasteiger partial charge in [-0.15, -0.1) is 11.3 Å². The molecule has 118 valence electrons. The maximum absolute atomic E-state index is 12.1. The Kier molecular flexibility index (Phi) is 4.63. The van der Waals surface area contributed by atoms with Gasteiger partial charge in [-0.25, -0.2) is 8.42 Å². The average Bonchev–Trinajstić information content (AvgIpc) is 2.80. The average molecular weight is 329 g/mol. The number of guanidine groups is 1. The topological polar surface area (TPSA) is 61.8 Å². The van der Waals surface area contributed by atoms with Crippen LogP contribution in [0, 0.1) is 6.92 Å². The van der Waals surface area contributed by atoms with Gasteiger partial charge >= 0.3 is 0 Å². The fraction of sp³-hybridized carbons (Fsp3) is 0.643. The van der Waals surface area contributed by atoms with Crippen molar-refractivity contribution in [3.63, 3.8) is 0 Å². The molecule has 0 unspecified atom stereocenters. The molecule has 1 N–H and O–H groups in total. The number of sulfone groups is 1. The Balaban J connectivity index is 2.02. The van der Waals surface area contributed by atoms with Crippen molar-refractivity contribution >= 4 is 27.1 Å². The number of thiophene rings is 1. The Labute approximate surface area is 131 Å². The molecule has 1 aromatic heterocycles. The van der Waals surface area contributed by atoms with Crippen LogP contribution in [0.4, 0.5) is 0 Å². The Morgan fingerprint density at radius 1 is 1.48 bits per heavy atom. The Bertz CT molecular complexity index is 632. The van der Waals surface area contributed by atoms with Gasteiger partial charge in [0.25, 0.3) is 0 Å². The second-order valence-electron chi connectivity index (χ2n) is 5.91. The van der Waals surface area contributed by atoms with Gasteiger partial charge in [-0.3, -0.25) is 4.99 Å². The lowest BCUT2D eigenvalue weighted by Crippen LogP contribution is -2.57. The maximum Gasteiger partial charge on any atom is 0.194 e. The van der Waals surface area contributed by atoms with E-state index in [2.05, 4.69) is 29.4 Å². The lowest BCUT2D eigenvalue weighted by atomic mass is 10.2. The van der Waals surface area contributed by atoms with Crippen LogP contribution < -0.4 is 5.32 Å². The van der Waals surface area contributed by atoms with E-state index < -0.39 is 14.6 Å². The second-order valence-corrected chi connectivity index (χ2v) is 10.0. The van der Waals surface area contributed by atoms with Crippen molar-refractivity contribution in [3.8, 4) is 0 Å². The molecule has 1 fully saturated rings. The molecule has 0 radical (unpaired) electrons. The van der Waals surface area contributed by atoms with Gasteiger partial charge < -0.3 is 10.2 Å². The van der Waals surface area contributed by atoms with Crippen molar-refractivity contribution < 1.29 is 8.42 Å². The summed E-state index contributed by atoms with van der Waals surface area (Å²) in [5, 5.41) is 3.33. The van der Waals surface area contributed by atoms with Gasteiger partial charge in [0.1, 0.15) is 0 Å². The first kappa shape index (κ1) is 16.3. The number of nitrogens with zero attached hydrogens (tertiary/aromatic N) is 2. The third-order valence-corrected chi connectivity index (χ3v) is 7.31. The smallest absolute Gasteiger partial charge is 0.194 e. The standard InChI is InChI=1S/C14H23N3O2S2/c1-11-5-6-12(20-11)9-16-13(15-4)17-7-8-21(18,19)14(2,3)10-17/h5-6H,7-10H2,1-4H3,(H,15,16). The summed E-state index contributed by atoms with van der Waals surface area (Å²) in [6.07, 6.45) is 0. The predicted molar refractivity (Wildman–Crippen MR) is 88.7 cm³/mol. The zero-order chi connectivity index (χ0) is 15.7. The van der Waals surface area contributed by atoms with Crippen LogP contribution in [0.2, 0.25) is 0 Å². The fourth-order valence-corrected chi connectivity index (χ4v) is 4.60. The molecule has 0 aliphatic carbocycles. The summed E-state index contributed by atoms with van der Waals surface area (Å²) < 4.78 is 23.4. The Morgan fingerprint density at radius 2 is 2.19 bits per heavy atom. The van der Waals surface area contributed by atoms with Gasteiger partial charge in [0.15, 0.2) is 15.8 Å². The predicted octanol–water partition coefficient (Wildman–Crippen LogP) is 1.64. The summed E-state index contributed by atoms with van der Waals surface area (Å²) >= 11 is 1.75. The van der Waals surface area contributed by atoms with E-state index in [1.807, 2.05) is 4.90 Å². The number of rotatable bonds is 2. The number of hydrogen-bond acceptors (Lipinski definition) is 4. The fourth-order valence-electron chi connectivity index (χ4n) is 2.40. The van der Waals surface area contributed by atoms with Gasteiger partial charge in [0.2, 0.25) is 0 Å². The number of nitrogens with one attached hydrogen (secondary N) is 1. The van der Waals surface area contributed by atoms with Crippen LogP contribution in [-0.4, -0.2) is 49.9 Å². The van der Waals surface area contributed by atoms with E-state index in [9.17, 15) is 8.42 Å². The van der Waals surface area contributed by atoms with E-state index in [1.54, 1.807) is 32.2 Å². The third-order valence-electron chi connectivity index (χ3n) is 3.77. The summed E-state index contributed by atoms with van der Waals surface area (Å²) in [5.74, 6) is 0.947. The Hall–Kier alpha value is -1.08. The van der Waals surface area contributed by atoms with Gasteiger partial charge in [0, 0.05) is 29.9 Å². The van der Waals surface area contributed by atoms with Gasteiger partial charge in [-0.2, -0.15) is 0 Å². The molecule has 2 rings (SSSR count). The van der Waals surface area contributed by atoms with Crippen LogP contribution in [-0.2, 0) is 16.4 Å². The van der Waals surface area contributed by atoms with Crippen LogP contribution in [0.25, 0.3) is 0 Å². The van der Waals surface area contributed by atoms with Crippen LogP contribution in [0.3, 0.4) is 0 Å². The minimum Gasteiger partial charge on any atom is -0.351 e. The molecule has 1 aliphatic rings. The highest BCUT2D eigenvalue weighted by atomic mass is 32.2. The zero-order valence-corrected chi connectivity index (χ0v) is 14.6. The number of hydrogen-bond donors (Lipinski definition) is 1. The van der Waals surface area contributed by atoms with Crippen molar-refractivity contribution in [2.75, 3.05) is 25.9 Å². The molecule has 2 heterocycles. The molecule has 7 heteroatoms. The van der Waals surface area contributed by atoms with Gasteiger partial charge in [-0.05, 0) is 32.9 Å². The minimum absolute atomic E-state index is 0.179.